The summed E-state index contributed by atoms with van der Waals surface area (Å²) in [6.07, 6.45) is 8.24. The third-order valence-corrected chi connectivity index (χ3v) is 7.43. The lowest BCUT2D eigenvalue weighted by Gasteiger charge is -2.52. The van der Waals surface area contributed by atoms with Gasteiger partial charge in [0.15, 0.2) is 0 Å². The predicted molar refractivity (Wildman–Crippen MR) is 131 cm³/mol. The summed E-state index contributed by atoms with van der Waals surface area (Å²) < 4.78 is 0. The van der Waals surface area contributed by atoms with E-state index < -0.39 is 5.60 Å². The van der Waals surface area contributed by atoms with Gasteiger partial charge in [-0.1, -0.05) is 55.3 Å². The van der Waals surface area contributed by atoms with Gasteiger partial charge in [0, 0.05) is 37.3 Å². The van der Waals surface area contributed by atoms with Gasteiger partial charge in [-0.25, -0.2) is 0 Å². The predicted octanol–water partition coefficient (Wildman–Crippen LogP) is 5.44. The van der Waals surface area contributed by atoms with E-state index in [1.807, 2.05) is 41.3 Å². The smallest absolute Gasteiger partial charge is 0.247 e. The molecule has 4 rings (SSSR count). The number of benzene rings is 2. The third kappa shape index (κ3) is 4.61. The highest BCUT2D eigenvalue weighted by Gasteiger charge is 2.49. The Morgan fingerprint density at radius 2 is 1.78 bits per heavy atom. The van der Waals surface area contributed by atoms with Crippen molar-refractivity contribution in [1.29, 1.82) is 0 Å². The number of aliphatic hydroxyl groups is 1. The number of carbonyl (C=O) groups excluding carboxylic acids is 1. The number of piperidine rings is 1. The molecular formula is C28H36N2O2. The SMILES string of the molecule is CCN(CC)c1ccc([C@H]2[C@@H]3CCCC[C@@]3(O)CCN2C(=O)/C=C/c2ccccc2)cc1. The molecule has 4 heteroatoms. The van der Waals surface area contributed by atoms with Crippen molar-refractivity contribution in [3.63, 3.8) is 0 Å². The summed E-state index contributed by atoms with van der Waals surface area (Å²) in [5.41, 5.74) is 2.69. The number of rotatable bonds is 6. The zero-order valence-corrected chi connectivity index (χ0v) is 19.4. The van der Waals surface area contributed by atoms with Gasteiger partial charge in [0.25, 0.3) is 0 Å². The number of anilines is 1. The molecule has 2 aromatic carbocycles. The van der Waals surface area contributed by atoms with Crippen molar-refractivity contribution in [2.24, 2.45) is 5.92 Å². The van der Waals surface area contributed by atoms with Crippen LogP contribution in [0.25, 0.3) is 6.08 Å². The van der Waals surface area contributed by atoms with Crippen LogP contribution in [0.1, 0.15) is 63.1 Å². The van der Waals surface area contributed by atoms with Gasteiger partial charge in [-0.05, 0) is 62.4 Å². The number of likely N-dealkylation sites (tertiary alicyclic amines) is 1. The van der Waals surface area contributed by atoms with Crippen LogP contribution in [-0.4, -0.2) is 41.1 Å². The monoisotopic (exact) mass is 432 g/mol. The maximum atomic E-state index is 13.4. The molecule has 1 aliphatic carbocycles. The molecule has 0 spiro atoms. The lowest BCUT2D eigenvalue weighted by molar-refractivity contribution is -0.150. The molecule has 1 saturated carbocycles. The number of carbonyl (C=O) groups is 1. The summed E-state index contributed by atoms with van der Waals surface area (Å²) in [5, 5.41) is 11.5. The van der Waals surface area contributed by atoms with E-state index in [9.17, 15) is 9.90 Å². The molecule has 32 heavy (non-hydrogen) atoms. The number of nitrogens with zero attached hydrogens (tertiary/aromatic N) is 2. The van der Waals surface area contributed by atoms with Gasteiger partial charge in [-0.3, -0.25) is 4.79 Å². The number of hydrogen-bond donors (Lipinski definition) is 1. The number of hydrogen-bond acceptors (Lipinski definition) is 3. The Labute approximate surface area is 192 Å². The normalized spacial score (nSPS) is 25.5. The highest BCUT2D eigenvalue weighted by Crippen LogP contribution is 2.49. The average molecular weight is 433 g/mol. The molecule has 4 nitrogen and oxygen atoms in total. The Morgan fingerprint density at radius 3 is 2.47 bits per heavy atom. The zero-order chi connectivity index (χ0) is 22.6. The van der Waals surface area contributed by atoms with Gasteiger partial charge in [0.1, 0.15) is 0 Å². The highest BCUT2D eigenvalue weighted by atomic mass is 16.3. The minimum atomic E-state index is -0.666. The fraction of sp³-hybridized carbons (Fsp3) is 0.464. The zero-order valence-electron chi connectivity index (χ0n) is 19.4. The summed E-state index contributed by atoms with van der Waals surface area (Å²) in [4.78, 5) is 17.7. The molecule has 1 heterocycles. The van der Waals surface area contributed by atoms with E-state index in [-0.39, 0.29) is 17.9 Å². The molecule has 0 unspecified atom stereocenters. The van der Waals surface area contributed by atoms with E-state index in [1.54, 1.807) is 6.08 Å². The second kappa shape index (κ2) is 9.91. The molecule has 0 radical (unpaired) electrons. The molecule has 1 amide bonds. The molecule has 0 aromatic heterocycles. The Morgan fingerprint density at radius 1 is 1.06 bits per heavy atom. The van der Waals surface area contributed by atoms with E-state index in [4.69, 9.17) is 0 Å². The van der Waals surface area contributed by atoms with Crippen molar-refractivity contribution >= 4 is 17.7 Å². The Hall–Kier alpha value is -2.59. The molecule has 2 aliphatic rings. The van der Waals surface area contributed by atoms with Gasteiger partial charge in [-0.15, -0.1) is 0 Å². The van der Waals surface area contributed by atoms with Crippen LogP contribution >= 0.6 is 0 Å². The van der Waals surface area contributed by atoms with E-state index in [2.05, 4.69) is 43.0 Å². The number of amides is 1. The Kier molecular flexibility index (Phi) is 7.00. The van der Waals surface area contributed by atoms with Crippen LogP contribution in [0.5, 0.6) is 0 Å². The van der Waals surface area contributed by atoms with Crippen molar-refractivity contribution in [2.45, 2.75) is 57.6 Å². The largest absolute Gasteiger partial charge is 0.389 e. The lowest BCUT2D eigenvalue weighted by atomic mass is 9.66. The fourth-order valence-corrected chi connectivity index (χ4v) is 5.64. The number of fused-ring (bicyclic) bond motifs is 1. The molecule has 0 bridgehead atoms. The maximum Gasteiger partial charge on any atom is 0.247 e. The maximum absolute atomic E-state index is 13.4. The third-order valence-electron chi connectivity index (χ3n) is 7.43. The van der Waals surface area contributed by atoms with Gasteiger partial charge >= 0.3 is 0 Å². The van der Waals surface area contributed by atoms with Crippen molar-refractivity contribution in [2.75, 3.05) is 24.5 Å². The van der Waals surface area contributed by atoms with Crippen molar-refractivity contribution < 1.29 is 9.90 Å². The van der Waals surface area contributed by atoms with Gasteiger partial charge < -0.3 is 14.9 Å². The first-order valence-corrected chi connectivity index (χ1v) is 12.2. The van der Waals surface area contributed by atoms with Crippen LogP contribution < -0.4 is 4.90 Å². The summed E-state index contributed by atoms with van der Waals surface area (Å²) in [6.45, 7) is 6.86. The average Bonchev–Trinajstić information content (AvgIpc) is 2.83. The van der Waals surface area contributed by atoms with Crippen LogP contribution in [0.3, 0.4) is 0 Å². The van der Waals surface area contributed by atoms with E-state index in [0.29, 0.717) is 13.0 Å². The molecule has 1 saturated heterocycles. The summed E-state index contributed by atoms with van der Waals surface area (Å²) in [7, 11) is 0. The molecule has 2 fully saturated rings. The van der Waals surface area contributed by atoms with E-state index in [1.165, 1.54) is 5.69 Å². The standard InChI is InChI=1S/C28H36N2O2/c1-3-29(4-2)24-16-14-23(15-17-24)27-25-12-8-9-19-28(25,32)20-21-30(27)26(31)18-13-22-10-6-5-7-11-22/h5-7,10-11,13-18,25,27,32H,3-4,8-9,12,19-21H2,1-2H3/b18-13+/t25-,27-,28+/m0/s1. The van der Waals surface area contributed by atoms with Crippen molar-refractivity contribution in [3.8, 4) is 0 Å². The summed E-state index contributed by atoms with van der Waals surface area (Å²) >= 11 is 0. The van der Waals surface area contributed by atoms with Gasteiger partial charge in [0.05, 0.1) is 11.6 Å². The quantitative estimate of drug-likeness (QED) is 0.618. The molecule has 1 aliphatic heterocycles. The Balaban J connectivity index is 1.64. The minimum absolute atomic E-state index is 0.0271. The molecule has 1 N–H and O–H groups in total. The van der Waals surface area contributed by atoms with Crippen LogP contribution in [0.4, 0.5) is 5.69 Å². The highest BCUT2D eigenvalue weighted by molar-refractivity contribution is 5.92. The van der Waals surface area contributed by atoms with Crippen LogP contribution in [-0.2, 0) is 4.79 Å². The second-order valence-electron chi connectivity index (χ2n) is 9.19. The van der Waals surface area contributed by atoms with Gasteiger partial charge in [-0.2, -0.15) is 0 Å². The Bertz CT molecular complexity index is 920. The van der Waals surface area contributed by atoms with Crippen LogP contribution in [0, 0.1) is 5.92 Å². The summed E-state index contributed by atoms with van der Waals surface area (Å²) in [5.74, 6) is 0.109. The second-order valence-corrected chi connectivity index (χ2v) is 9.19. The van der Waals surface area contributed by atoms with Crippen molar-refractivity contribution in [1.82, 2.24) is 4.90 Å². The molecule has 2 aromatic rings. The van der Waals surface area contributed by atoms with Gasteiger partial charge in [0.2, 0.25) is 5.91 Å². The molecule has 170 valence electrons. The first kappa shape index (κ1) is 22.6. The lowest BCUT2D eigenvalue weighted by Crippen LogP contribution is -2.56. The fourth-order valence-electron chi connectivity index (χ4n) is 5.64. The van der Waals surface area contributed by atoms with Crippen LogP contribution in [0.2, 0.25) is 0 Å². The topological polar surface area (TPSA) is 43.8 Å². The first-order chi connectivity index (χ1) is 15.6. The van der Waals surface area contributed by atoms with E-state index >= 15 is 0 Å². The molecular weight excluding hydrogens is 396 g/mol. The minimum Gasteiger partial charge on any atom is -0.389 e. The van der Waals surface area contributed by atoms with Crippen LogP contribution in [0.15, 0.2) is 60.7 Å². The van der Waals surface area contributed by atoms with E-state index in [0.717, 1.165) is 49.9 Å². The molecule has 3 atom stereocenters. The first-order valence-electron chi connectivity index (χ1n) is 12.2. The van der Waals surface area contributed by atoms with Crippen molar-refractivity contribution in [3.05, 3.63) is 71.8 Å². The summed E-state index contributed by atoms with van der Waals surface area (Å²) in [6, 6.07) is 18.5.